The van der Waals surface area contributed by atoms with Crippen molar-refractivity contribution in [1.82, 2.24) is 14.8 Å². The topological polar surface area (TPSA) is 47.8 Å². The SMILES string of the molecule is CC(C)n1ncnc1CC(=O)c1c(F)cc(F)cc1F. The van der Waals surface area contributed by atoms with E-state index < -0.39 is 28.8 Å². The van der Waals surface area contributed by atoms with Crippen LogP contribution in [0, 0.1) is 17.5 Å². The summed E-state index contributed by atoms with van der Waals surface area (Å²) in [6, 6.07) is 0.913. The maximum Gasteiger partial charge on any atom is 0.176 e. The summed E-state index contributed by atoms with van der Waals surface area (Å²) in [6.07, 6.45) is 0.956. The Hall–Kier alpha value is -2.18. The monoisotopic (exact) mass is 283 g/mol. The molecular weight excluding hydrogens is 271 g/mol. The summed E-state index contributed by atoms with van der Waals surface area (Å²) in [6.45, 7) is 3.67. The van der Waals surface area contributed by atoms with Gasteiger partial charge in [-0.2, -0.15) is 5.10 Å². The van der Waals surface area contributed by atoms with Crippen LogP contribution in [-0.4, -0.2) is 20.5 Å². The second kappa shape index (κ2) is 5.44. The highest BCUT2D eigenvalue weighted by Crippen LogP contribution is 2.17. The van der Waals surface area contributed by atoms with Crippen LogP contribution in [0.1, 0.15) is 36.1 Å². The van der Waals surface area contributed by atoms with Gasteiger partial charge >= 0.3 is 0 Å². The van der Waals surface area contributed by atoms with Crippen molar-refractivity contribution >= 4 is 5.78 Å². The van der Waals surface area contributed by atoms with Crippen LogP contribution in [0.5, 0.6) is 0 Å². The molecule has 20 heavy (non-hydrogen) atoms. The smallest absolute Gasteiger partial charge is 0.176 e. The minimum atomic E-state index is -1.22. The van der Waals surface area contributed by atoms with Gasteiger partial charge in [0.15, 0.2) is 5.78 Å². The van der Waals surface area contributed by atoms with Gasteiger partial charge in [-0.25, -0.2) is 22.8 Å². The van der Waals surface area contributed by atoms with Gasteiger partial charge in [0.2, 0.25) is 0 Å². The van der Waals surface area contributed by atoms with Gasteiger partial charge in [0.05, 0.1) is 12.0 Å². The van der Waals surface area contributed by atoms with E-state index in [0.717, 1.165) is 0 Å². The van der Waals surface area contributed by atoms with Crippen molar-refractivity contribution in [3.8, 4) is 0 Å². The molecule has 7 heteroatoms. The third kappa shape index (κ3) is 2.71. The molecule has 1 aromatic heterocycles. The lowest BCUT2D eigenvalue weighted by Crippen LogP contribution is -2.15. The van der Waals surface area contributed by atoms with E-state index in [2.05, 4.69) is 10.1 Å². The minimum Gasteiger partial charge on any atom is -0.293 e. The first-order chi connectivity index (χ1) is 9.40. The van der Waals surface area contributed by atoms with Crippen LogP contribution >= 0.6 is 0 Å². The quantitative estimate of drug-likeness (QED) is 0.810. The standard InChI is InChI=1S/C13H12F3N3O/c1-7(2)19-12(17-6-18-19)5-11(20)13-9(15)3-8(14)4-10(13)16/h3-4,6-7H,5H2,1-2H3. The number of carbonyl (C=O) groups is 1. The highest BCUT2D eigenvalue weighted by atomic mass is 19.1. The molecule has 2 aromatic rings. The van der Waals surface area contributed by atoms with Gasteiger partial charge in [0.1, 0.15) is 29.6 Å². The number of ketones is 1. The number of benzene rings is 1. The third-order valence-electron chi connectivity index (χ3n) is 2.74. The van der Waals surface area contributed by atoms with Crippen molar-refractivity contribution < 1.29 is 18.0 Å². The lowest BCUT2D eigenvalue weighted by molar-refractivity contribution is 0.0980. The van der Waals surface area contributed by atoms with Gasteiger partial charge in [-0.15, -0.1) is 0 Å². The lowest BCUT2D eigenvalue weighted by Gasteiger charge is -2.09. The van der Waals surface area contributed by atoms with Crippen LogP contribution < -0.4 is 0 Å². The molecule has 1 aromatic carbocycles. The van der Waals surface area contributed by atoms with E-state index in [1.165, 1.54) is 11.0 Å². The summed E-state index contributed by atoms with van der Waals surface area (Å²) in [5.74, 6) is -4.02. The average molecular weight is 283 g/mol. The van der Waals surface area contributed by atoms with E-state index in [0.29, 0.717) is 18.0 Å². The van der Waals surface area contributed by atoms with Crippen molar-refractivity contribution in [2.24, 2.45) is 0 Å². The van der Waals surface area contributed by atoms with Crippen molar-refractivity contribution in [2.45, 2.75) is 26.3 Å². The highest BCUT2D eigenvalue weighted by molar-refractivity contribution is 5.97. The maximum absolute atomic E-state index is 13.5. The van der Waals surface area contributed by atoms with E-state index in [-0.39, 0.29) is 12.5 Å². The Kier molecular flexibility index (Phi) is 3.87. The molecule has 0 aliphatic rings. The maximum atomic E-state index is 13.5. The van der Waals surface area contributed by atoms with Crippen LogP contribution in [0.4, 0.5) is 13.2 Å². The Bertz CT molecular complexity index is 629. The zero-order chi connectivity index (χ0) is 14.9. The Morgan fingerprint density at radius 2 is 1.85 bits per heavy atom. The lowest BCUT2D eigenvalue weighted by atomic mass is 10.1. The Balaban J connectivity index is 2.31. The fourth-order valence-electron chi connectivity index (χ4n) is 1.87. The van der Waals surface area contributed by atoms with Gasteiger partial charge in [0.25, 0.3) is 0 Å². The minimum absolute atomic E-state index is 0.0387. The van der Waals surface area contributed by atoms with Gasteiger partial charge < -0.3 is 0 Å². The summed E-state index contributed by atoms with van der Waals surface area (Å²) >= 11 is 0. The number of Topliss-reactive ketones (excluding diaryl/α,β-unsaturated/α-hetero) is 1. The molecular formula is C13H12F3N3O. The molecule has 0 radical (unpaired) electrons. The van der Waals surface area contributed by atoms with Crippen LogP contribution in [0.2, 0.25) is 0 Å². The molecule has 0 bridgehead atoms. The zero-order valence-corrected chi connectivity index (χ0v) is 10.9. The van der Waals surface area contributed by atoms with Gasteiger partial charge in [-0.05, 0) is 13.8 Å². The first-order valence-electron chi connectivity index (χ1n) is 5.96. The number of aromatic nitrogens is 3. The van der Waals surface area contributed by atoms with Crippen molar-refractivity contribution in [1.29, 1.82) is 0 Å². The average Bonchev–Trinajstić information content (AvgIpc) is 2.75. The zero-order valence-electron chi connectivity index (χ0n) is 10.9. The first-order valence-corrected chi connectivity index (χ1v) is 5.96. The molecule has 0 aliphatic heterocycles. The van der Waals surface area contributed by atoms with E-state index >= 15 is 0 Å². The second-order valence-electron chi connectivity index (χ2n) is 4.56. The molecule has 0 saturated heterocycles. The molecule has 0 spiro atoms. The highest BCUT2D eigenvalue weighted by Gasteiger charge is 2.21. The molecule has 1 heterocycles. The second-order valence-corrected chi connectivity index (χ2v) is 4.56. The van der Waals surface area contributed by atoms with Gasteiger partial charge in [-0.1, -0.05) is 0 Å². The van der Waals surface area contributed by atoms with Crippen LogP contribution in [0.25, 0.3) is 0 Å². The predicted octanol–water partition coefficient (Wildman–Crippen LogP) is 2.70. The van der Waals surface area contributed by atoms with E-state index in [1.807, 2.05) is 13.8 Å². The Labute approximate surface area is 113 Å². The first kappa shape index (κ1) is 14.2. The Morgan fingerprint density at radius 1 is 1.25 bits per heavy atom. The Morgan fingerprint density at radius 3 is 2.40 bits per heavy atom. The third-order valence-corrected chi connectivity index (χ3v) is 2.74. The summed E-state index contributed by atoms with van der Waals surface area (Å²) in [4.78, 5) is 15.8. The molecule has 4 nitrogen and oxygen atoms in total. The molecule has 2 rings (SSSR count). The number of halogens is 3. The summed E-state index contributed by atoms with van der Waals surface area (Å²) < 4.78 is 41.3. The van der Waals surface area contributed by atoms with Crippen molar-refractivity contribution in [3.63, 3.8) is 0 Å². The molecule has 0 saturated carbocycles. The predicted molar refractivity (Wildman–Crippen MR) is 64.8 cm³/mol. The van der Waals surface area contributed by atoms with Gasteiger partial charge in [0, 0.05) is 18.2 Å². The largest absolute Gasteiger partial charge is 0.293 e. The molecule has 0 fully saturated rings. The number of rotatable bonds is 4. The summed E-state index contributed by atoms with van der Waals surface area (Å²) in [5.41, 5.74) is -0.760. The van der Waals surface area contributed by atoms with E-state index in [1.54, 1.807) is 0 Å². The van der Waals surface area contributed by atoms with Crippen LogP contribution in [0.3, 0.4) is 0 Å². The molecule has 0 atom stereocenters. The van der Waals surface area contributed by atoms with Crippen LogP contribution in [-0.2, 0) is 6.42 Å². The molecule has 0 N–H and O–H groups in total. The van der Waals surface area contributed by atoms with E-state index in [9.17, 15) is 18.0 Å². The summed E-state index contributed by atoms with van der Waals surface area (Å²) in [7, 11) is 0. The van der Waals surface area contributed by atoms with E-state index in [4.69, 9.17) is 0 Å². The fourth-order valence-corrected chi connectivity index (χ4v) is 1.87. The molecule has 0 amide bonds. The normalized spacial score (nSPS) is 11.1. The van der Waals surface area contributed by atoms with Crippen molar-refractivity contribution in [2.75, 3.05) is 0 Å². The number of hydrogen-bond acceptors (Lipinski definition) is 3. The summed E-state index contributed by atoms with van der Waals surface area (Å²) in [5, 5.41) is 3.93. The molecule has 0 unspecified atom stereocenters. The van der Waals surface area contributed by atoms with Crippen LogP contribution in [0.15, 0.2) is 18.5 Å². The van der Waals surface area contributed by atoms with Crippen molar-refractivity contribution in [3.05, 3.63) is 47.3 Å². The number of hydrogen-bond donors (Lipinski definition) is 0. The number of nitrogens with zero attached hydrogens (tertiary/aromatic N) is 3. The van der Waals surface area contributed by atoms with Gasteiger partial charge in [-0.3, -0.25) is 4.79 Å². The molecule has 106 valence electrons. The molecule has 0 aliphatic carbocycles. The number of carbonyl (C=O) groups excluding carboxylic acids is 1. The fraction of sp³-hybridized carbons (Fsp3) is 0.308.